The maximum atomic E-state index is 12.4. The van der Waals surface area contributed by atoms with E-state index in [1.54, 1.807) is 29.5 Å². The number of thiophene rings is 1. The topological polar surface area (TPSA) is 64.6 Å². The predicted octanol–water partition coefficient (Wildman–Crippen LogP) is 3.84. The second-order valence-corrected chi connectivity index (χ2v) is 7.05. The zero-order valence-electron chi connectivity index (χ0n) is 15.3. The van der Waals surface area contributed by atoms with Crippen LogP contribution in [0.5, 0.6) is 5.75 Å². The number of hydrogen-bond acceptors (Lipinski definition) is 5. The van der Waals surface area contributed by atoms with Crippen molar-refractivity contribution < 1.29 is 19.1 Å². The lowest BCUT2D eigenvalue weighted by Crippen LogP contribution is -2.30. The van der Waals surface area contributed by atoms with Gasteiger partial charge >= 0.3 is 5.97 Å². The summed E-state index contributed by atoms with van der Waals surface area (Å²) in [5.74, 6) is -0.139. The van der Waals surface area contributed by atoms with Gasteiger partial charge in [-0.15, -0.1) is 11.3 Å². The Kier molecular flexibility index (Phi) is 7.21. The van der Waals surface area contributed by atoms with Crippen molar-refractivity contribution >= 4 is 23.2 Å². The molecule has 1 heterocycles. The Labute approximate surface area is 167 Å². The lowest BCUT2D eigenvalue weighted by molar-refractivity contribution is -0.124. The summed E-state index contributed by atoms with van der Waals surface area (Å²) in [5, 5.41) is 4.75. The molecule has 0 unspecified atom stereocenters. The fraction of sp³-hybridized carbons (Fsp3) is 0.182. The van der Waals surface area contributed by atoms with Crippen molar-refractivity contribution in [3.8, 4) is 5.75 Å². The van der Waals surface area contributed by atoms with E-state index in [2.05, 4.69) is 5.32 Å². The van der Waals surface area contributed by atoms with Gasteiger partial charge in [0.25, 0.3) is 5.91 Å². The van der Waals surface area contributed by atoms with Gasteiger partial charge in [0.15, 0.2) is 6.61 Å². The van der Waals surface area contributed by atoms with Crippen LogP contribution in [0.2, 0.25) is 0 Å². The van der Waals surface area contributed by atoms with Crippen LogP contribution < -0.4 is 10.1 Å². The van der Waals surface area contributed by atoms with Crippen molar-refractivity contribution in [2.75, 3.05) is 13.2 Å². The molecule has 5 nitrogen and oxygen atoms in total. The molecule has 0 atom stereocenters. The highest BCUT2D eigenvalue weighted by atomic mass is 32.1. The number of rotatable bonds is 9. The smallest absolute Gasteiger partial charge is 0.339 e. The summed E-state index contributed by atoms with van der Waals surface area (Å²) in [4.78, 5) is 25.5. The molecular formula is C22H21NO4S. The van der Waals surface area contributed by atoms with Gasteiger partial charge < -0.3 is 14.8 Å². The number of esters is 1. The normalized spacial score (nSPS) is 10.3. The number of para-hydroxylation sites is 1. The number of carbonyl (C=O) groups excluding carboxylic acids is 2. The van der Waals surface area contributed by atoms with Crippen LogP contribution in [-0.2, 0) is 22.6 Å². The Hall–Kier alpha value is -3.12. The highest BCUT2D eigenvalue weighted by molar-refractivity contribution is 7.09. The third kappa shape index (κ3) is 5.96. The van der Waals surface area contributed by atoms with E-state index < -0.39 is 5.97 Å². The minimum atomic E-state index is -0.541. The van der Waals surface area contributed by atoms with E-state index in [0.29, 0.717) is 17.7 Å². The predicted molar refractivity (Wildman–Crippen MR) is 109 cm³/mol. The molecule has 1 amide bonds. The molecule has 28 heavy (non-hydrogen) atoms. The van der Waals surface area contributed by atoms with E-state index in [0.717, 1.165) is 12.2 Å². The molecule has 0 fully saturated rings. The molecule has 0 radical (unpaired) electrons. The number of hydrogen-bond donors (Lipinski definition) is 1. The monoisotopic (exact) mass is 395 g/mol. The van der Waals surface area contributed by atoms with Gasteiger partial charge in [0, 0.05) is 17.0 Å². The summed E-state index contributed by atoms with van der Waals surface area (Å²) in [6.07, 6.45) is 0.761. The summed E-state index contributed by atoms with van der Waals surface area (Å²) >= 11 is 1.65. The van der Waals surface area contributed by atoms with E-state index in [4.69, 9.17) is 9.47 Å². The van der Waals surface area contributed by atoms with Crippen molar-refractivity contribution in [3.63, 3.8) is 0 Å². The number of nitrogens with one attached hydrogen (secondary N) is 1. The Morgan fingerprint density at radius 1 is 0.929 bits per heavy atom. The summed E-state index contributed by atoms with van der Waals surface area (Å²) in [6.45, 7) is 0.442. The summed E-state index contributed by atoms with van der Waals surface area (Å²) in [5.41, 5.74) is 1.10. The summed E-state index contributed by atoms with van der Waals surface area (Å²) < 4.78 is 10.9. The molecule has 3 aromatic rings. The molecule has 1 aromatic heterocycles. The first-order chi connectivity index (χ1) is 13.7. The first-order valence-corrected chi connectivity index (χ1v) is 9.82. The molecule has 0 bridgehead atoms. The molecular weight excluding hydrogens is 374 g/mol. The van der Waals surface area contributed by atoms with Gasteiger partial charge in [-0.3, -0.25) is 4.79 Å². The van der Waals surface area contributed by atoms with E-state index in [1.807, 2.05) is 53.9 Å². The third-order valence-corrected chi connectivity index (χ3v) is 4.92. The average molecular weight is 395 g/mol. The maximum absolute atomic E-state index is 12.4. The van der Waals surface area contributed by atoms with Crippen molar-refractivity contribution in [2.45, 2.75) is 13.0 Å². The molecule has 3 rings (SSSR count). The van der Waals surface area contributed by atoms with Crippen LogP contribution in [0.15, 0.2) is 72.1 Å². The third-order valence-electron chi connectivity index (χ3n) is 3.98. The highest BCUT2D eigenvalue weighted by Gasteiger charge is 2.14. The number of carbonyl (C=O) groups is 2. The SMILES string of the molecule is O=C(COC(=O)c1ccccc1COc1ccccc1)NCCc1cccs1. The molecule has 0 saturated heterocycles. The Balaban J connectivity index is 1.47. The fourth-order valence-electron chi connectivity index (χ4n) is 2.56. The van der Waals surface area contributed by atoms with Crippen molar-refractivity contribution in [1.29, 1.82) is 0 Å². The van der Waals surface area contributed by atoms with Crippen LogP contribution in [0.4, 0.5) is 0 Å². The molecule has 1 N–H and O–H groups in total. The molecule has 0 saturated carbocycles. The van der Waals surface area contributed by atoms with Gasteiger partial charge in [0.1, 0.15) is 12.4 Å². The quantitative estimate of drug-likeness (QED) is 0.559. The van der Waals surface area contributed by atoms with Gasteiger partial charge in [-0.05, 0) is 36.1 Å². The van der Waals surface area contributed by atoms with Gasteiger partial charge in [-0.25, -0.2) is 4.79 Å². The second-order valence-electron chi connectivity index (χ2n) is 6.01. The van der Waals surface area contributed by atoms with Gasteiger partial charge in [0.2, 0.25) is 0 Å². The van der Waals surface area contributed by atoms with Crippen LogP contribution in [0.25, 0.3) is 0 Å². The maximum Gasteiger partial charge on any atom is 0.339 e. The summed E-state index contributed by atoms with van der Waals surface area (Å²) in [7, 11) is 0. The lowest BCUT2D eigenvalue weighted by atomic mass is 10.1. The minimum absolute atomic E-state index is 0.238. The standard InChI is InChI=1S/C22H21NO4S/c24-21(23-13-12-19-10-6-14-28-19)16-27-22(25)20-11-5-4-7-17(20)15-26-18-8-2-1-3-9-18/h1-11,14H,12-13,15-16H2,(H,23,24). The number of ether oxygens (including phenoxy) is 2. The number of benzene rings is 2. The molecule has 0 spiro atoms. The highest BCUT2D eigenvalue weighted by Crippen LogP contribution is 2.15. The van der Waals surface area contributed by atoms with E-state index in [1.165, 1.54) is 4.88 Å². The molecule has 2 aromatic carbocycles. The zero-order chi connectivity index (χ0) is 19.6. The first-order valence-electron chi connectivity index (χ1n) is 8.94. The minimum Gasteiger partial charge on any atom is -0.489 e. The van der Waals surface area contributed by atoms with Crippen molar-refractivity contribution in [3.05, 3.63) is 88.1 Å². The van der Waals surface area contributed by atoms with Gasteiger partial charge in [0.05, 0.1) is 5.56 Å². The van der Waals surface area contributed by atoms with Crippen LogP contribution in [0.3, 0.4) is 0 Å². The molecule has 0 aliphatic carbocycles. The van der Waals surface area contributed by atoms with Crippen LogP contribution in [-0.4, -0.2) is 25.0 Å². The Morgan fingerprint density at radius 3 is 2.50 bits per heavy atom. The number of amides is 1. The van der Waals surface area contributed by atoms with Crippen molar-refractivity contribution in [2.24, 2.45) is 0 Å². The first kappa shape index (κ1) is 19.6. The van der Waals surface area contributed by atoms with Gasteiger partial charge in [-0.2, -0.15) is 0 Å². The molecule has 144 valence electrons. The Bertz CT molecular complexity index is 894. The van der Waals surface area contributed by atoms with Crippen LogP contribution in [0, 0.1) is 0 Å². The van der Waals surface area contributed by atoms with Crippen LogP contribution in [0.1, 0.15) is 20.8 Å². The van der Waals surface area contributed by atoms with Crippen LogP contribution >= 0.6 is 11.3 Å². The van der Waals surface area contributed by atoms with E-state index in [9.17, 15) is 9.59 Å². The fourth-order valence-corrected chi connectivity index (χ4v) is 3.27. The van der Waals surface area contributed by atoms with Gasteiger partial charge in [-0.1, -0.05) is 42.5 Å². The second kappa shape index (κ2) is 10.3. The van der Waals surface area contributed by atoms with E-state index in [-0.39, 0.29) is 19.1 Å². The zero-order valence-corrected chi connectivity index (χ0v) is 16.1. The Morgan fingerprint density at radius 2 is 1.71 bits per heavy atom. The molecule has 0 aliphatic rings. The molecule has 6 heteroatoms. The summed E-state index contributed by atoms with van der Waals surface area (Å²) in [6, 6.07) is 20.4. The van der Waals surface area contributed by atoms with Crippen molar-refractivity contribution in [1.82, 2.24) is 5.32 Å². The molecule has 0 aliphatic heterocycles. The largest absolute Gasteiger partial charge is 0.489 e. The average Bonchev–Trinajstić information content (AvgIpc) is 3.25. The van der Waals surface area contributed by atoms with E-state index >= 15 is 0 Å². The lowest BCUT2D eigenvalue weighted by Gasteiger charge is -2.11.